The fourth-order valence-corrected chi connectivity index (χ4v) is 5.94. The maximum Gasteiger partial charge on any atom is 0.303 e. The van der Waals surface area contributed by atoms with E-state index in [4.69, 9.17) is 9.15 Å². The Morgan fingerprint density at radius 2 is 2.18 bits per heavy atom. The Morgan fingerprint density at radius 3 is 2.97 bits per heavy atom. The van der Waals surface area contributed by atoms with Crippen LogP contribution in [0.25, 0.3) is 10.9 Å². The second-order valence-corrected chi connectivity index (χ2v) is 10.3. The zero-order chi connectivity index (χ0) is 23.8. The van der Waals surface area contributed by atoms with Crippen molar-refractivity contribution in [2.24, 2.45) is 11.8 Å². The van der Waals surface area contributed by atoms with Crippen molar-refractivity contribution in [3.63, 3.8) is 0 Å². The number of carbonyl (C=O) groups is 1. The van der Waals surface area contributed by atoms with Crippen LogP contribution in [-0.2, 0) is 11.2 Å². The van der Waals surface area contributed by atoms with Gasteiger partial charge in [0, 0.05) is 41.7 Å². The van der Waals surface area contributed by atoms with E-state index in [2.05, 4.69) is 22.0 Å². The van der Waals surface area contributed by atoms with Crippen molar-refractivity contribution in [1.29, 1.82) is 0 Å². The maximum atomic E-state index is 11.3. The van der Waals surface area contributed by atoms with Gasteiger partial charge in [-0.3, -0.25) is 9.78 Å². The number of nitrogens with zero attached hydrogens (tertiary/aromatic N) is 2. The molecule has 0 bridgehead atoms. The Bertz CT molecular complexity index is 1060. The number of fused-ring (bicyclic) bond motifs is 1. The Balaban J connectivity index is 1.32. The molecule has 0 saturated carbocycles. The molecular formula is C27H34N2O4S. The number of rotatable bonds is 12. The Morgan fingerprint density at radius 1 is 1.26 bits per heavy atom. The third-order valence-corrected chi connectivity index (χ3v) is 7.89. The van der Waals surface area contributed by atoms with Crippen molar-refractivity contribution in [2.45, 2.75) is 43.4 Å². The summed E-state index contributed by atoms with van der Waals surface area (Å²) in [6.07, 6.45) is 10.8. The highest BCUT2D eigenvalue weighted by molar-refractivity contribution is 7.99. The van der Waals surface area contributed by atoms with Gasteiger partial charge in [0.2, 0.25) is 0 Å². The Kier molecular flexibility index (Phi) is 8.88. The van der Waals surface area contributed by atoms with E-state index in [1.54, 1.807) is 19.6 Å². The predicted octanol–water partition coefficient (Wildman–Crippen LogP) is 5.75. The highest BCUT2D eigenvalue weighted by Gasteiger charge is 2.29. The quantitative estimate of drug-likeness (QED) is 0.329. The van der Waals surface area contributed by atoms with Gasteiger partial charge >= 0.3 is 5.97 Å². The largest absolute Gasteiger partial charge is 0.497 e. The number of aromatic nitrogens is 1. The van der Waals surface area contributed by atoms with Gasteiger partial charge in [0.1, 0.15) is 12.0 Å². The maximum absolute atomic E-state index is 11.3. The van der Waals surface area contributed by atoms with E-state index in [1.165, 1.54) is 10.5 Å². The number of carboxylic acid groups (broad SMARTS) is 1. The lowest BCUT2D eigenvalue weighted by molar-refractivity contribution is -0.137. The van der Waals surface area contributed by atoms with Crippen LogP contribution in [0.4, 0.5) is 0 Å². The van der Waals surface area contributed by atoms with E-state index in [9.17, 15) is 9.90 Å². The lowest BCUT2D eigenvalue weighted by Crippen LogP contribution is -2.41. The number of furan rings is 1. The molecule has 182 valence electrons. The number of carboxylic acids is 1. The first-order valence-corrected chi connectivity index (χ1v) is 13.1. The van der Waals surface area contributed by atoms with Crippen molar-refractivity contribution in [3.05, 3.63) is 54.6 Å². The third kappa shape index (κ3) is 6.76. The van der Waals surface area contributed by atoms with Gasteiger partial charge in [-0.25, -0.2) is 0 Å². The lowest BCUT2D eigenvalue weighted by atomic mass is 9.79. The highest BCUT2D eigenvalue weighted by Crippen LogP contribution is 2.32. The van der Waals surface area contributed by atoms with Gasteiger partial charge in [0.05, 0.1) is 18.9 Å². The number of pyridine rings is 1. The fourth-order valence-electron chi connectivity index (χ4n) is 5.08. The van der Waals surface area contributed by atoms with E-state index in [-0.39, 0.29) is 6.42 Å². The van der Waals surface area contributed by atoms with Gasteiger partial charge in [-0.1, -0.05) is 0 Å². The SMILES string of the molecule is COc1ccc2nccc(CCC[C@@H]3CCN(CCSc4ccoc4)C[C@@H]3CCC(=O)O)c2c1. The molecule has 0 aliphatic carbocycles. The van der Waals surface area contributed by atoms with Crippen LogP contribution in [-0.4, -0.2) is 53.5 Å². The topological polar surface area (TPSA) is 75.8 Å². The molecule has 1 aliphatic rings. The smallest absolute Gasteiger partial charge is 0.303 e. The molecule has 1 saturated heterocycles. The zero-order valence-electron chi connectivity index (χ0n) is 19.8. The number of benzene rings is 1. The molecular weight excluding hydrogens is 448 g/mol. The number of ether oxygens (including phenoxy) is 1. The first kappa shape index (κ1) is 24.6. The van der Waals surface area contributed by atoms with Crippen LogP contribution in [0.5, 0.6) is 5.75 Å². The molecule has 3 heterocycles. The molecule has 2 atom stereocenters. The number of likely N-dealkylation sites (tertiary alicyclic amines) is 1. The molecule has 3 aromatic rings. The standard InChI is InChI=1S/C27H34N2O4S/c1-32-23-6-7-26-25(17-23)21(9-12-28-26)4-2-3-20-10-13-29(18-22(20)5-8-27(30)31)14-16-34-24-11-15-33-19-24/h6-7,9,11-12,15,17,19-20,22H,2-5,8,10,13-14,16,18H2,1H3,(H,30,31)/t20-,22+/m1/s1. The summed E-state index contributed by atoms with van der Waals surface area (Å²) < 4.78 is 10.6. The molecule has 1 N–H and O–H groups in total. The average Bonchev–Trinajstić information content (AvgIpc) is 3.37. The number of hydrogen-bond donors (Lipinski definition) is 1. The lowest BCUT2D eigenvalue weighted by Gasteiger charge is -2.39. The summed E-state index contributed by atoms with van der Waals surface area (Å²) >= 11 is 1.81. The van der Waals surface area contributed by atoms with E-state index in [0.717, 1.165) is 74.1 Å². The minimum Gasteiger partial charge on any atom is -0.497 e. The van der Waals surface area contributed by atoms with Gasteiger partial charge < -0.3 is 19.2 Å². The molecule has 0 radical (unpaired) electrons. The van der Waals surface area contributed by atoms with Crippen molar-refractivity contribution in [2.75, 3.05) is 32.5 Å². The molecule has 2 aromatic heterocycles. The van der Waals surface area contributed by atoms with Gasteiger partial charge in [0.25, 0.3) is 0 Å². The number of hydrogen-bond acceptors (Lipinski definition) is 6. The molecule has 7 heteroatoms. The number of piperidine rings is 1. The number of thioether (sulfide) groups is 1. The normalized spacial score (nSPS) is 18.9. The molecule has 1 aromatic carbocycles. The second kappa shape index (κ2) is 12.3. The minimum absolute atomic E-state index is 0.258. The molecule has 6 nitrogen and oxygen atoms in total. The summed E-state index contributed by atoms with van der Waals surface area (Å²) in [5.41, 5.74) is 2.30. The van der Waals surface area contributed by atoms with E-state index >= 15 is 0 Å². The van der Waals surface area contributed by atoms with E-state index < -0.39 is 5.97 Å². The molecule has 4 rings (SSSR count). The summed E-state index contributed by atoms with van der Waals surface area (Å²) in [5.74, 6) is 2.21. The molecule has 0 amide bonds. The summed E-state index contributed by atoms with van der Waals surface area (Å²) in [5, 5.41) is 10.4. The van der Waals surface area contributed by atoms with E-state index in [1.807, 2.05) is 36.2 Å². The summed E-state index contributed by atoms with van der Waals surface area (Å²) in [6, 6.07) is 10.2. The monoisotopic (exact) mass is 482 g/mol. The molecule has 1 aliphatic heterocycles. The van der Waals surface area contributed by atoms with Crippen LogP contribution in [0, 0.1) is 11.8 Å². The number of aliphatic carboxylic acids is 1. The Hall–Kier alpha value is -2.51. The van der Waals surface area contributed by atoms with Crippen LogP contribution in [0.15, 0.2) is 58.4 Å². The zero-order valence-corrected chi connectivity index (χ0v) is 20.6. The minimum atomic E-state index is -0.691. The first-order chi connectivity index (χ1) is 16.6. The molecule has 1 fully saturated rings. The second-order valence-electron chi connectivity index (χ2n) is 9.09. The average molecular weight is 483 g/mol. The highest BCUT2D eigenvalue weighted by atomic mass is 32.2. The van der Waals surface area contributed by atoms with Crippen molar-refractivity contribution in [1.82, 2.24) is 9.88 Å². The van der Waals surface area contributed by atoms with Crippen LogP contribution >= 0.6 is 11.8 Å². The predicted molar refractivity (Wildman–Crippen MR) is 136 cm³/mol. The van der Waals surface area contributed by atoms with Gasteiger partial charge in [-0.05, 0) is 86.4 Å². The number of aryl methyl sites for hydroxylation is 1. The number of methoxy groups -OCH3 is 1. The van der Waals surface area contributed by atoms with Gasteiger partial charge in [-0.15, -0.1) is 11.8 Å². The summed E-state index contributed by atoms with van der Waals surface area (Å²) in [4.78, 5) is 19.4. The summed E-state index contributed by atoms with van der Waals surface area (Å²) in [6.45, 7) is 3.12. The van der Waals surface area contributed by atoms with E-state index in [0.29, 0.717) is 11.8 Å². The first-order valence-electron chi connectivity index (χ1n) is 12.1. The van der Waals surface area contributed by atoms with Crippen LogP contribution < -0.4 is 4.74 Å². The van der Waals surface area contributed by atoms with Crippen molar-refractivity contribution >= 4 is 28.6 Å². The fraction of sp³-hybridized carbons (Fsp3) is 0.481. The third-order valence-electron chi connectivity index (χ3n) is 6.94. The summed E-state index contributed by atoms with van der Waals surface area (Å²) in [7, 11) is 1.69. The van der Waals surface area contributed by atoms with Crippen molar-refractivity contribution < 1.29 is 19.1 Å². The van der Waals surface area contributed by atoms with Crippen molar-refractivity contribution in [3.8, 4) is 5.75 Å². The molecule has 0 spiro atoms. The molecule has 0 unspecified atom stereocenters. The Labute approximate surface area is 205 Å². The van der Waals surface area contributed by atoms with Crippen LogP contribution in [0.1, 0.15) is 37.7 Å². The van der Waals surface area contributed by atoms with Crippen LogP contribution in [0.3, 0.4) is 0 Å². The van der Waals surface area contributed by atoms with Gasteiger partial charge in [0.15, 0.2) is 0 Å². The molecule has 34 heavy (non-hydrogen) atoms. The van der Waals surface area contributed by atoms with Crippen LogP contribution in [0.2, 0.25) is 0 Å². The van der Waals surface area contributed by atoms with Gasteiger partial charge in [-0.2, -0.15) is 0 Å².